The maximum atomic E-state index is 10.9. The standard InChI is InChI=1S/C12H18O5/c1-5-10(13)16-7-8(3)9(4)12(15)17-11(14)6-2/h5-6,8-9,12,15H,1-2,7H2,3-4H3. The summed E-state index contributed by atoms with van der Waals surface area (Å²) in [7, 11) is 0. The van der Waals surface area contributed by atoms with Crippen molar-refractivity contribution in [2.24, 2.45) is 11.8 Å². The van der Waals surface area contributed by atoms with E-state index in [1.807, 2.05) is 0 Å². The summed E-state index contributed by atoms with van der Waals surface area (Å²) in [5, 5.41) is 9.56. The zero-order chi connectivity index (χ0) is 13.4. The monoisotopic (exact) mass is 242 g/mol. The number of hydrogen-bond donors (Lipinski definition) is 1. The first-order valence-corrected chi connectivity index (χ1v) is 5.22. The molecule has 0 saturated heterocycles. The van der Waals surface area contributed by atoms with Gasteiger partial charge in [0.05, 0.1) is 6.61 Å². The summed E-state index contributed by atoms with van der Waals surface area (Å²) in [4.78, 5) is 21.7. The van der Waals surface area contributed by atoms with Crippen molar-refractivity contribution in [3.8, 4) is 0 Å². The number of ether oxygens (including phenoxy) is 2. The molecule has 0 fully saturated rings. The minimum atomic E-state index is -1.25. The van der Waals surface area contributed by atoms with Crippen LogP contribution in [0.4, 0.5) is 0 Å². The third kappa shape index (κ3) is 5.87. The first kappa shape index (κ1) is 15.4. The number of hydrogen-bond acceptors (Lipinski definition) is 5. The molecule has 5 heteroatoms. The highest BCUT2D eigenvalue weighted by molar-refractivity contribution is 5.81. The van der Waals surface area contributed by atoms with Crippen LogP contribution < -0.4 is 0 Å². The molecule has 0 aliphatic carbocycles. The lowest BCUT2D eigenvalue weighted by atomic mass is 9.96. The van der Waals surface area contributed by atoms with E-state index in [1.165, 1.54) is 0 Å². The van der Waals surface area contributed by atoms with Crippen LogP contribution >= 0.6 is 0 Å². The molecule has 96 valence electrons. The lowest BCUT2D eigenvalue weighted by Crippen LogP contribution is -2.31. The maximum absolute atomic E-state index is 10.9. The molecular weight excluding hydrogens is 224 g/mol. The topological polar surface area (TPSA) is 72.8 Å². The smallest absolute Gasteiger partial charge is 0.332 e. The van der Waals surface area contributed by atoms with Gasteiger partial charge in [-0.15, -0.1) is 0 Å². The Morgan fingerprint density at radius 3 is 2.24 bits per heavy atom. The van der Waals surface area contributed by atoms with E-state index in [-0.39, 0.29) is 18.4 Å². The molecule has 0 amide bonds. The van der Waals surface area contributed by atoms with Crippen molar-refractivity contribution >= 4 is 11.9 Å². The van der Waals surface area contributed by atoms with E-state index < -0.39 is 18.2 Å². The molecule has 0 aromatic heterocycles. The molecule has 0 radical (unpaired) electrons. The van der Waals surface area contributed by atoms with Gasteiger partial charge in [0.15, 0.2) is 0 Å². The molecular formula is C12H18O5. The number of carbonyl (C=O) groups is 2. The Kier molecular flexibility index (Phi) is 6.89. The van der Waals surface area contributed by atoms with Gasteiger partial charge in [0.2, 0.25) is 6.29 Å². The molecule has 0 rings (SSSR count). The van der Waals surface area contributed by atoms with E-state index in [0.717, 1.165) is 12.2 Å². The highest BCUT2D eigenvalue weighted by atomic mass is 16.6. The SMILES string of the molecule is C=CC(=O)OCC(C)C(C)C(O)OC(=O)C=C. The number of carbonyl (C=O) groups excluding carboxylic acids is 2. The molecule has 0 spiro atoms. The lowest BCUT2D eigenvalue weighted by molar-refractivity contribution is -0.175. The van der Waals surface area contributed by atoms with Crippen LogP contribution in [0, 0.1) is 11.8 Å². The van der Waals surface area contributed by atoms with E-state index in [2.05, 4.69) is 17.9 Å². The summed E-state index contributed by atoms with van der Waals surface area (Å²) in [5.74, 6) is -1.75. The number of aliphatic hydroxyl groups excluding tert-OH is 1. The van der Waals surface area contributed by atoms with Gasteiger partial charge in [0.1, 0.15) is 0 Å². The Morgan fingerprint density at radius 1 is 1.24 bits per heavy atom. The van der Waals surface area contributed by atoms with Gasteiger partial charge in [0, 0.05) is 18.1 Å². The molecule has 0 saturated carbocycles. The van der Waals surface area contributed by atoms with Gasteiger partial charge in [-0.05, 0) is 5.92 Å². The Balaban J connectivity index is 4.14. The molecule has 3 atom stereocenters. The van der Waals surface area contributed by atoms with Crippen molar-refractivity contribution in [3.63, 3.8) is 0 Å². The molecule has 0 aromatic carbocycles. The third-order valence-corrected chi connectivity index (χ3v) is 2.41. The average Bonchev–Trinajstić information content (AvgIpc) is 2.33. The Morgan fingerprint density at radius 2 is 1.76 bits per heavy atom. The molecule has 5 nitrogen and oxygen atoms in total. The second kappa shape index (κ2) is 7.62. The highest BCUT2D eigenvalue weighted by Gasteiger charge is 2.24. The average molecular weight is 242 g/mol. The zero-order valence-electron chi connectivity index (χ0n) is 10.1. The van der Waals surface area contributed by atoms with E-state index in [9.17, 15) is 14.7 Å². The van der Waals surface area contributed by atoms with Crippen molar-refractivity contribution in [2.75, 3.05) is 6.61 Å². The fourth-order valence-electron chi connectivity index (χ4n) is 0.980. The van der Waals surface area contributed by atoms with Gasteiger partial charge in [0.25, 0.3) is 0 Å². The quantitative estimate of drug-likeness (QED) is 0.410. The van der Waals surface area contributed by atoms with Gasteiger partial charge in [-0.25, -0.2) is 9.59 Å². The van der Waals surface area contributed by atoms with Crippen molar-refractivity contribution in [1.29, 1.82) is 0 Å². The molecule has 0 aliphatic rings. The van der Waals surface area contributed by atoms with Gasteiger partial charge in [-0.1, -0.05) is 27.0 Å². The summed E-state index contributed by atoms with van der Waals surface area (Å²) >= 11 is 0. The van der Waals surface area contributed by atoms with Crippen LogP contribution in [0.3, 0.4) is 0 Å². The second-order valence-corrected chi connectivity index (χ2v) is 3.70. The lowest BCUT2D eigenvalue weighted by Gasteiger charge is -2.23. The minimum absolute atomic E-state index is 0.120. The maximum Gasteiger partial charge on any atom is 0.332 e. The van der Waals surface area contributed by atoms with E-state index in [4.69, 9.17) is 4.74 Å². The summed E-state index contributed by atoms with van der Waals surface area (Å²) in [6, 6.07) is 0. The number of aliphatic hydroxyl groups is 1. The fraction of sp³-hybridized carbons (Fsp3) is 0.500. The van der Waals surface area contributed by atoms with Crippen LogP contribution in [-0.2, 0) is 19.1 Å². The van der Waals surface area contributed by atoms with Crippen LogP contribution in [0.2, 0.25) is 0 Å². The molecule has 1 N–H and O–H groups in total. The highest BCUT2D eigenvalue weighted by Crippen LogP contribution is 2.17. The Bertz CT molecular complexity index is 297. The summed E-state index contributed by atoms with van der Waals surface area (Å²) < 4.78 is 9.48. The van der Waals surface area contributed by atoms with Crippen molar-refractivity contribution < 1.29 is 24.2 Å². The molecule has 0 heterocycles. The summed E-state index contributed by atoms with van der Waals surface area (Å²) in [6.45, 7) is 10.1. The number of rotatable bonds is 7. The summed E-state index contributed by atoms with van der Waals surface area (Å²) in [5.41, 5.74) is 0. The first-order valence-electron chi connectivity index (χ1n) is 5.22. The molecule has 0 aromatic rings. The van der Waals surface area contributed by atoms with Crippen LogP contribution in [0.15, 0.2) is 25.3 Å². The van der Waals surface area contributed by atoms with E-state index >= 15 is 0 Å². The Labute approximate surface area is 101 Å². The third-order valence-electron chi connectivity index (χ3n) is 2.41. The van der Waals surface area contributed by atoms with Crippen LogP contribution in [0.1, 0.15) is 13.8 Å². The first-order chi connectivity index (χ1) is 7.92. The minimum Gasteiger partial charge on any atom is -0.462 e. The Hall–Kier alpha value is -1.62. The number of esters is 2. The predicted octanol–water partition coefficient (Wildman–Crippen LogP) is 1.04. The molecule has 3 unspecified atom stereocenters. The van der Waals surface area contributed by atoms with Crippen LogP contribution in [0.5, 0.6) is 0 Å². The van der Waals surface area contributed by atoms with Crippen LogP contribution in [0.25, 0.3) is 0 Å². The van der Waals surface area contributed by atoms with Crippen LogP contribution in [-0.4, -0.2) is 29.9 Å². The normalized spacial score (nSPS) is 15.2. The van der Waals surface area contributed by atoms with Gasteiger partial charge < -0.3 is 14.6 Å². The van der Waals surface area contributed by atoms with E-state index in [1.54, 1.807) is 13.8 Å². The van der Waals surface area contributed by atoms with E-state index in [0.29, 0.717) is 0 Å². The molecule has 17 heavy (non-hydrogen) atoms. The van der Waals surface area contributed by atoms with Gasteiger partial charge in [-0.3, -0.25) is 0 Å². The van der Waals surface area contributed by atoms with Crippen molar-refractivity contribution in [2.45, 2.75) is 20.1 Å². The molecule has 0 bridgehead atoms. The molecule has 0 aliphatic heterocycles. The summed E-state index contributed by atoms with van der Waals surface area (Å²) in [6.07, 6.45) is 0.780. The van der Waals surface area contributed by atoms with Gasteiger partial charge >= 0.3 is 11.9 Å². The van der Waals surface area contributed by atoms with Gasteiger partial charge in [-0.2, -0.15) is 0 Å². The second-order valence-electron chi connectivity index (χ2n) is 3.70. The fourth-order valence-corrected chi connectivity index (χ4v) is 0.980. The largest absolute Gasteiger partial charge is 0.462 e. The van der Waals surface area contributed by atoms with Crippen molar-refractivity contribution in [1.82, 2.24) is 0 Å². The zero-order valence-corrected chi connectivity index (χ0v) is 10.1. The predicted molar refractivity (Wildman–Crippen MR) is 61.8 cm³/mol. The van der Waals surface area contributed by atoms with Crippen molar-refractivity contribution in [3.05, 3.63) is 25.3 Å².